The number of hydrogen-bond acceptors (Lipinski definition) is 4. The smallest absolute Gasteiger partial charge is 0.330 e. The van der Waals surface area contributed by atoms with Gasteiger partial charge in [-0.15, -0.1) is 0 Å². The maximum atomic E-state index is 12.6. The molecule has 2 aromatic rings. The fraction of sp³-hybridized carbons (Fsp3) is 0.250. The summed E-state index contributed by atoms with van der Waals surface area (Å²) in [6.07, 6.45) is -1.24. The van der Waals surface area contributed by atoms with Crippen LogP contribution in [0.1, 0.15) is 35.9 Å². The Kier molecular flexibility index (Phi) is 6.96. The number of nitrogens with two attached hydrogens (primary N) is 1. The molecule has 142 valence electrons. The van der Waals surface area contributed by atoms with Gasteiger partial charge in [0.1, 0.15) is 6.04 Å². The molecule has 0 fully saturated rings. The molecule has 0 saturated carbocycles. The summed E-state index contributed by atoms with van der Waals surface area (Å²) in [5.41, 5.74) is 6.08. The fourth-order valence-electron chi connectivity index (χ4n) is 2.47. The van der Waals surface area contributed by atoms with Crippen molar-refractivity contribution >= 4 is 29.4 Å². The third kappa shape index (κ3) is 5.31. The van der Waals surface area contributed by atoms with Crippen molar-refractivity contribution < 1.29 is 19.1 Å². The summed E-state index contributed by atoms with van der Waals surface area (Å²) in [5.74, 6) is -2.34. The van der Waals surface area contributed by atoms with Gasteiger partial charge in [0.15, 0.2) is 0 Å². The molecule has 0 bridgehead atoms. The molecule has 2 atom stereocenters. The van der Waals surface area contributed by atoms with E-state index in [-0.39, 0.29) is 16.5 Å². The quantitative estimate of drug-likeness (QED) is 0.712. The van der Waals surface area contributed by atoms with Crippen LogP contribution < -0.4 is 11.1 Å². The Labute approximate surface area is 162 Å². The Bertz CT molecular complexity index is 824. The number of hydrogen-bond donors (Lipinski definition) is 2. The molecular weight excluding hydrogens is 368 g/mol. The maximum absolute atomic E-state index is 12.6. The second-order valence-electron chi connectivity index (χ2n) is 6.30. The molecule has 0 aliphatic rings. The van der Waals surface area contributed by atoms with Crippen molar-refractivity contribution in [1.29, 1.82) is 0 Å². The summed E-state index contributed by atoms with van der Waals surface area (Å²) < 4.78 is 5.33. The van der Waals surface area contributed by atoms with Crippen LogP contribution in [0.2, 0.25) is 5.02 Å². The molecule has 0 aliphatic heterocycles. The zero-order chi connectivity index (χ0) is 20.0. The van der Waals surface area contributed by atoms with Crippen LogP contribution in [0.25, 0.3) is 0 Å². The number of carbonyl (C=O) groups excluding carboxylic acids is 3. The Balaban J connectivity index is 2.18. The second-order valence-corrected chi connectivity index (χ2v) is 6.71. The molecule has 0 aromatic heterocycles. The molecule has 0 spiro atoms. The Morgan fingerprint density at radius 2 is 1.59 bits per heavy atom. The molecular formula is C20H21ClN2O4. The Morgan fingerprint density at radius 3 is 2.15 bits per heavy atom. The summed E-state index contributed by atoms with van der Waals surface area (Å²) in [6, 6.07) is 14.0. The topological polar surface area (TPSA) is 98.5 Å². The number of primary amides is 1. The largest absolute Gasteiger partial charge is 0.446 e. The third-order valence-corrected chi connectivity index (χ3v) is 4.25. The molecule has 0 aliphatic carbocycles. The van der Waals surface area contributed by atoms with Gasteiger partial charge >= 0.3 is 5.97 Å². The molecule has 7 heteroatoms. The van der Waals surface area contributed by atoms with Crippen molar-refractivity contribution in [2.75, 3.05) is 0 Å². The van der Waals surface area contributed by atoms with Crippen LogP contribution in [0.5, 0.6) is 0 Å². The van der Waals surface area contributed by atoms with Gasteiger partial charge in [-0.25, -0.2) is 4.79 Å². The van der Waals surface area contributed by atoms with Crippen LogP contribution >= 0.6 is 11.6 Å². The van der Waals surface area contributed by atoms with E-state index in [1.54, 1.807) is 68.4 Å². The highest BCUT2D eigenvalue weighted by Gasteiger charge is 2.31. The summed E-state index contributed by atoms with van der Waals surface area (Å²) >= 11 is 6.03. The first kappa shape index (κ1) is 20.5. The SMILES string of the molecule is CC(C)[C@H](NC(=O)c1ccccc1Cl)C(=O)OC(C(N)=O)c1ccccc1. The van der Waals surface area contributed by atoms with Crippen molar-refractivity contribution in [1.82, 2.24) is 5.32 Å². The fourth-order valence-corrected chi connectivity index (χ4v) is 2.69. The monoisotopic (exact) mass is 388 g/mol. The van der Waals surface area contributed by atoms with Gasteiger partial charge in [0.05, 0.1) is 10.6 Å². The standard InChI is InChI=1S/C20H21ClN2O4/c1-12(2)16(23-19(25)14-10-6-7-11-15(14)21)20(26)27-17(18(22)24)13-8-4-3-5-9-13/h3-12,16-17H,1-2H3,(H2,22,24)(H,23,25)/t16-,17?/m0/s1. The summed E-state index contributed by atoms with van der Waals surface area (Å²) in [4.78, 5) is 36.9. The van der Waals surface area contributed by atoms with Crippen LogP contribution in [0.15, 0.2) is 54.6 Å². The van der Waals surface area contributed by atoms with Crippen molar-refractivity contribution in [3.8, 4) is 0 Å². The predicted octanol–water partition coefficient (Wildman–Crippen LogP) is 2.86. The normalized spacial score (nSPS) is 12.9. The van der Waals surface area contributed by atoms with E-state index in [1.165, 1.54) is 0 Å². The number of nitrogens with one attached hydrogen (secondary N) is 1. The highest BCUT2D eigenvalue weighted by atomic mass is 35.5. The number of halogens is 1. The number of benzene rings is 2. The van der Waals surface area contributed by atoms with Gasteiger partial charge in [-0.05, 0) is 18.1 Å². The first-order valence-corrected chi connectivity index (χ1v) is 8.79. The molecule has 0 saturated heterocycles. The minimum atomic E-state index is -1.24. The predicted molar refractivity (Wildman–Crippen MR) is 102 cm³/mol. The zero-order valence-electron chi connectivity index (χ0n) is 15.0. The Morgan fingerprint density at radius 1 is 1.00 bits per heavy atom. The van der Waals surface area contributed by atoms with Gasteiger partial charge in [0.2, 0.25) is 6.10 Å². The van der Waals surface area contributed by atoms with E-state index in [0.29, 0.717) is 5.56 Å². The number of carbonyl (C=O) groups is 3. The lowest BCUT2D eigenvalue weighted by Gasteiger charge is -2.24. The van der Waals surface area contributed by atoms with E-state index in [1.807, 2.05) is 0 Å². The lowest BCUT2D eigenvalue weighted by Crippen LogP contribution is -2.46. The van der Waals surface area contributed by atoms with E-state index in [4.69, 9.17) is 22.1 Å². The van der Waals surface area contributed by atoms with Crippen molar-refractivity contribution in [3.05, 3.63) is 70.7 Å². The van der Waals surface area contributed by atoms with E-state index in [2.05, 4.69) is 5.32 Å². The average Bonchev–Trinajstić information content (AvgIpc) is 2.64. The van der Waals surface area contributed by atoms with Gasteiger partial charge < -0.3 is 15.8 Å². The van der Waals surface area contributed by atoms with E-state index >= 15 is 0 Å². The van der Waals surface area contributed by atoms with Gasteiger partial charge in [-0.1, -0.05) is 67.9 Å². The van der Waals surface area contributed by atoms with E-state index < -0.39 is 29.9 Å². The zero-order valence-corrected chi connectivity index (χ0v) is 15.8. The number of amides is 2. The molecule has 0 radical (unpaired) electrons. The summed E-state index contributed by atoms with van der Waals surface area (Å²) in [6.45, 7) is 3.50. The molecule has 3 N–H and O–H groups in total. The molecule has 2 rings (SSSR count). The van der Waals surface area contributed by atoms with Crippen molar-refractivity contribution in [2.45, 2.75) is 26.0 Å². The van der Waals surface area contributed by atoms with Gasteiger partial charge in [0.25, 0.3) is 11.8 Å². The van der Waals surface area contributed by atoms with E-state index in [0.717, 1.165) is 0 Å². The van der Waals surface area contributed by atoms with E-state index in [9.17, 15) is 14.4 Å². The minimum absolute atomic E-state index is 0.243. The first-order valence-electron chi connectivity index (χ1n) is 8.41. The average molecular weight is 389 g/mol. The highest BCUT2D eigenvalue weighted by Crippen LogP contribution is 2.20. The minimum Gasteiger partial charge on any atom is -0.446 e. The van der Waals surface area contributed by atoms with Crippen LogP contribution in [0.3, 0.4) is 0 Å². The van der Waals surface area contributed by atoms with Gasteiger partial charge in [-0.3, -0.25) is 9.59 Å². The first-order chi connectivity index (χ1) is 12.8. The van der Waals surface area contributed by atoms with Crippen LogP contribution in [0, 0.1) is 5.92 Å². The molecule has 2 amide bonds. The molecule has 6 nitrogen and oxygen atoms in total. The number of rotatable bonds is 7. The molecule has 2 aromatic carbocycles. The third-order valence-electron chi connectivity index (χ3n) is 3.92. The second kappa shape index (κ2) is 9.19. The Hall–Kier alpha value is -2.86. The summed E-state index contributed by atoms with van der Waals surface area (Å²) in [5, 5.41) is 2.89. The van der Waals surface area contributed by atoms with Crippen molar-refractivity contribution in [3.63, 3.8) is 0 Å². The molecule has 0 heterocycles. The molecule has 27 heavy (non-hydrogen) atoms. The van der Waals surface area contributed by atoms with Crippen LogP contribution in [-0.4, -0.2) is 23.8 Å². The van der Waals surface area contributed by atoms with Crippen molar-refractivity contribution in [2.24, 2.45) is 11.7 Å². The van der Waals surface area contributed by atoms with Crippen LogP contribution in [-0.2, 0) is 14.3 Å². The number of ether oxygens (including phenoxy) is 1. The number of esters is 1. The van der Waals surface area contributed by atoms with Crippen LogP contribution in [0.4, 0.5) is 0 Å². The summed E-state index contributed by atoms with van der Waals surface area (Å²) in [7, 11) is 0. The lowest BCUT2D eigenvalue weighted by atomic mass is 10.0. The van der Waals surface area contributed by atoms with Gasteiger partial charge in [-0.2, -0.15) is 0 Å². The maximum Gasteiger partial charge on any atom is 0.330 e. The van der Waals surface area contributed by atoms with Gasteiger partial charge in [0, 0.05) is 5.56 Å². The lowest BCUT2D eigenvalue weighted by molar-refractivity contribution is -0.158. The molecule has 1 unspecified atom stereocenters. The highest BCUT2D eigenvalue weighted by molar-refractivity contribution is 6.33.